The Balaban J connectivity index is 2.07. The monoisotopic (exact) mass is 274 g/mol. The van der Waals surface area contributed by atoms with Crippen molar-refractivity contribution >= 4 is 12.0 Å². The number of hydrogen-bond acceptors (Lipinski definition) is 4. The number of aliphatic hydroxyl groups is 1. The Bertz CT molecular complexity index is 292. The first-order valence-corrected chi connectivity index (χ1v) is 6.63. The van der Waals surface area contributed by atoms with Gasteiger partial charge >= 0.3 is 12.0 Å². The van der Waals surface area contributed by atoms with E-state index in [0.717, 1.165) is 12.8 Å². The number of ether oxygens (including phenoxy) is 1. The van der Waals surface area contributed by atoms with Crippen LogP contribution >= 0.6 is 0 Å². The number of hydrogen-bond donors (Lipinski definition) is 4. The third-order valence-electron chi connectivity index (χ3n) is 3.08. The minimum absolute atomic E-state index is 0.280. The zero-order valence-electron chi connectivity index (χ0n) is 10.9. The standard InChI is InChI=1S/C12H22N2O5/c15-8-10(11(16)17)14-12(18)13-6-7-19-9-4-2-1-3-5-9/h9-10,15H,1-8H2,(H,16,17)(H2,13,14,18)/t10-/m1/s1. The van der Waals surface area contributed by atoms with Crippen LogP contribution in [0.15, 0.2) is 0 Å². The Morgan fingerprint density at radius 3 is 2.53 bits per heavy atom. The van der Waals surface area contributed by atoms with Crippen LogP contribution in [0.4, 0.5) is 4.79 Å². The third kappa shape index (κ3) is 6.40. The van der Waals surface area contributed by atoms with Crippen molar-refractivity contribution in [2.45, 2.75) is 44.2 Å². The molecule has 1 saturated carbocycles. The molecular weight excluding hydrogens is 252 g/mol. The van der Waals surface area contributed by atoms with Gasteiger partial charge in [-0.15, -0.1) is 0 Å². The van der Waals surface area contributed by atoms with Crippen LogP contribution in [0.5, 0.6) is 0 Å². The van der Waals surface area contributed by atoms with E-state index in [2.05, 4.69) is 10.6 Å². The van der Waals surface area contributed by atoms with Gasteiger partial charge in [-0.2, -0.15) is 0 Å². The predicted octanol–water partition coefficient (Wildman–Crippen LogP) is 0.0804. The van der Waals surface area contributed by atoms with Gasteiger partial charge < -0.3 is 25.6 Å². The lowest BCUT2D eigenvalue weighted by Gasteiger charge is -2.22. The first kappa shape index (κ1) is 15.7. The fourth-order valence-corrected chi connectivity index (χ4v) is 2.02. The average molecular weight is 274 g/mol. The highest BCUT2D eigenvalue weighted by atomic mass is 16.5. The van der Waals surface area contributed by atoms with E-state index in [1.165, 1.54) is 19.3 Å². The lowest BCUT2D eigenvalue weighted by Crippen LogP contribution is -2.48. The van der Waals surface area contributed by atoms with E-state index < -0.39 is 24.6 Å². The fourth-order valence-electron chi connectivity index (χ4n) is 2.02. The topological polar surface area (TPSA) is 108 Å². The van der Waals surface area contributed by atoms with Crippen molar-refractivity contribution in [3.05, 3.63) is 0 Å². The van der Waals surface area contributed by atoms with Crippen LogP contribution in [-0.2, 0) is 9.53 Å². The first-order valence-electron chi connectivity index (χ1n) is 6.63. The molecule has 4 N–H and O–H groups in total. The molecule has 0 saturated heterocycles. The summed E-state index contributed by atoms with van der Waals surface area (Å²) < 4.78 is 5.60. The second-order valence-electron chi connectivity index (χ2n) is 4.60. The second kappa shape index (κ2) is 8.71. The van der Waals surface area contributed by atoms with Gasteiger partial charge in [-0.25, -0.2) is 9.59 Å². The molecule has 0 spiro atoms. The van der Waals surface area contributed by atoms with Gasteiger partial charge in [0.15, 0.2) is 6.04 Å². The first-order chi connectivity index (χ1) is 9.13. The summed E-state index contributed by atoms with van der Waals surface area (Å²) in [5, 5.41) is 22.0. The average Bonchev–Trinajstić information content (AvgIpc) is 2.42. The highest BCUT2D eigenvalue weighted by molar-refractivity contribution is 5.82. The molecule has 19 heavy (non-hydrogen) atoms. The highest BCUT2D eigenvalue weighted by Crippen LogP contribution is 2.19. The third-order valence-corrected chi connectivity index (χ3v) is 3.08. The summed E-state index contributed by atoms with van der Waals surface area (Å²) in [6, 6.07) is -1.90. The molecule has 1 aliphatic carbocycles. The van der Waals surface area contributed by atoms with Crippen molar-refractivity contribution < 1.29 is 24.5 Å². The predicted molar refractivity (Wildman–Crippen MR) is 67.9 cm³/mol. The van der Waals surface area contributed by atoms with E-state index in [0.29, 0.717) is 13.2 Å². The van der Waals surface area contributed by atoms with Gasteiger partial charge in [0.1, 0.15) is 0 Å². The van der Waals surface area contributed by atoms with Crippen molar-refractivity contribution in [1.82, 2.24) is 10.6 Å². The lowest BCUT2D eigenvalue weighted by molar-refractivity contribution is -0.140. The largest absolute Gasteiger partial charge is 0.480 e. The number of aliphatic hydroxyl groups excluding tert-OH is 1. The molecule has 110 valence electrons. The molecular formula is C12H22N2O5. The van der Waals surface area contributed by atoms with Crippen molar-refractivity contribution in [2.75, 3.05) is 19.8 Å². The maximum atomic E-state index is 11.3. The molecule has 7 heteroatoms. The molecule has 0 aliphatic heterocycles. The van der Waals surface area contributed by atoms with E-state index in [1.54, 1.807) is 0 Å². The molecule has 0 aromatic rings. The molecule has 0 unspecified atom stereocenters. The molecule has 0 bridgehead atoms. The van der Waals surface area contributed by atoms with Crippen LogP contribution in [-0.4, -0.2) is 54.1 Å². The van der Waals surface area contributed by atoms with Crippen molar-refractivity contribution in [1.29, 1.82) is 0 Å². The van der Waals surface area contributed by atoms with Crippen molar-refractivity contribution in [3.63, 3.8) is 0 Å². The van der Waals surface area contributed by atoms with E-state index in [4.69, 9.17) is 14.9 Å². The van der Waals surface area contributed by atoms with Gasteiger partial charge in [0.2, 0.25) is 0 Å². The zero-order chi connectivity index (χ0) is 14.1. The lowest BCUT2D eigenvalue weighted by atomic mass is 9.98. The summed E-state index contributed by atoms with van der Waals surface area (Å²) >= 11 is 0. The summed E-state index contributed by atoms with van der Waals surface area (Å²) in [5.74, 6) is -1.27. The van der Waals surface area contributed by atoms with Gasteiger partial charge in [-0.05, 0) is 12.8 Å². The Labute approximate surface area is 112 Å². The van der Waals surface area contributed by atoms with E-state index in [1.807, 2.05) is 0 Å². The molecule has 1 fully saturated rings. The van der Waals surface area contributed by atoms with Crippen LogP contribution in [0.3, 0.4) is 0 Å². The number of carboxylic acid groups (broad SMARTS) is 1. The number of aliphatic carboxylic acids is 1. The van der Waals surface area contributed by atoms with E-state index in [9.17, 15) is 9.59 Å². The summed E-state index contributed by atoms with van der Waals surface area (Å²) in [6.45, 7) is 0.0936. The normalized spacial score (nSPS) is 17.7. The second-order valence-corrected chi connectivity index (χ2v) is 4.60. The Morgan fingerprint density at radius 2 is 1.95 bits per heavy atom. The smallest absolute Gasteiger partial charge is 0.328 e. The Kier molecular flexibility index (Phi) is 7.20. The molecule has 7 nitrogen and oxygen atoms in total. The van der Waals surface area contributed by atoms with Crippen molar-refractivity contribution in [2.24, 2.45) is 0 Å². The van der Waals surface area contributed by atoms with Gasteiger partial charge in [-0.3, -0.25) is 0 Å². The van der Waals surface area contributed by atoms with E-state index >= 15 is 0 Å². The van der Waals surface area contributed by atoms with Gasteiger partial charge in [-0.1, -0.05) is 19.3 Å². The number of nitrogens with one attached hydrogen (secondary N) is 2. The van der Waals surface area contributed by atoms with Crippen LogP contribution in [0.1, 0.15) is 32.1 Å². The van der Waals surface area contributed by atoms with Crippen LogP contribution < -0.4 is 10.6 Å². The zero-order valence-corrected chi connectivity index (χ0v) is 10.9. The quantitative estimate of drug-likeness (QED) is 0.492. The minimum atomic E-state index is -1.28. The molecule has 0 radical (unpaired) electrons. The summed E-state index contributed by atoms with van der Waals surface area (Å²) in [7, 11) is 0. The van der Waals surface area contributed by atoms with Gasteiger partial charge in [0.05, 0.1) is 19.3 Å². The highest BCUT2D eigenvalue weighted by Gasteiger charge is 2.18. The Hall–Kier alpha value is -1.34. The summed E-state index contributed by atoms with van der Waals surface area (Å²) in [6.07, 6.45) is 6.06. The molecule has 1 rings (SSSR count). The van der Waals surface area contributed by atoms with Crippen LogP contribution in [0, 0.1) is 0 Å². The molecule has 0 aromatic heterocycles. The summed E-state index contributed by atoms with van der Waals surface area (Å²) in [5.41, 5.74) is 0. The number of carbonyl (C=O) groups excluding carboxylic acids is 1. The Morgan fingerprint density at radius 1 is 1.26 bits per heavy atom. The number of urea groups is 1. The van der Waals surface area contributed by atoms with Gasteiger partial charge in [0.25, 0.3) is 0 Å². The molecule has 0 aromatic carbocycles. The van der Waals surface area contributed by atoms with Crippen molar-refractivity contribution in [3.8, 4) is 0 Å². The molecule has 2 amide bonds. The van der Waals surface area contributed by atoms with E-state index in [-0.39, 0.29) is 6.10 Å². The van der Waals surface area contributed by atoms with Crippen LogP contribution in [0.25, 0.3) is 0 Å². The van der Waals surface area contributed by atoms with Gasteiger partial charge in [0, 0.05) is 6.54 Å². The maximum Gasteiger partial charge on any atom is 0.328 e. The molecule has 1 atom stereocenters. The number of rotatable bonds is 7. The maximum absolute atomic E-state index is 11.3. The molecule has 1 aliphatic rings. The molecule has 0 heterocycles. The number of carbonyl (C=O) groups is 2. The fraction of sp³-hybridized carbons (Fsp3) is 0.833. The number of amides is 2. The van der Waals surface area contributed by atoms with Crippen LogP contribution in [0.2, 0.25) is 0 Å². The SMILES string of the molecule is O=C(NCCOC1CCCCC1)N[C@H](CO)C(=O)O. The summed E-state index contributed by atoms with van der Waals surface area (Å²) in [4.78, 5) is 21.9. The minimum Gasteiger partial charge on any atom is -0.480 e. The number of carboxylic acids is 1.